The van der Waals surface area contributed by atoms with E-state index in [1.807, 2.05) is 13.0 Å². The van der Waals surface area contributed by atoms with E-state index in [0.717, 1.165) is 5.56 Å². The Morgan fingerprint density at radius 1 is 1.25 bits per heavy atom. The second-order valence-electron chi connectivity index (χ2n) is 4.39. The fourth-order valence-corrected chi connectivity index (χ4v) is 1.80. The van der Waals surface area contributed by atoms with Crippen molar-refractivity contribution in [2.24, 2.45) is 0 Å². The smallest absolute Gasteiger partial charge is 0.262 e. The predicted molar refractivity (Wildman–Crippen MR) is 81.2 cm³/mol. The van der Waals surface area contributed by atoms with Gasteiger partial charge in [-0.25, -0.2) is 0 Å². The molecule has 0 aliphatic heterocycles. The number of rotatable bonds is 4. The van der Waals surface area contributed by atoms with Crippen LogP contribution in [0.4, 0.5) is 11.4 Å². The molecule has 0 bridgehead atoms. The minimum atomic E-state index is -0.257. The maximum absolute atomic E-state index is 11.7. The summed E-state index contributed by atoms with van der Waals surface area (Å²) in [6.07, 6.45) is 0. The van der Waals surface area contributed by atoms with Gasteiger partial charge in [0.15, 0.2) is 6.61 Å². The Kier molecular flexibility index (Phi) is 4.48. The molecule has 0 heterocycles. The van der Waals surface area contributed by atoms with Gasteiger partial charge in [-0.1, -0.05) is 17.7 Å². The average molecular weight is 291 g/mol. The van der Waals surface area contributed by atoms with Crippen molar-refractivity contribution in [1.82, 2.24) is 0 Å². The van der Waals surface area contributed by atoms with E-state index in [1.165, 1.54) is 0 Å². The van der Waals surface area contributed by atoms with Crippen LogP contribution in [0.3, 0.4) is 0 Å². The Balaban J connectivity index is 1.90. The quantitative estimate of drug-likeness (QED) is 0.850. The molecule has 104 valence electrons. The van der Waals surface area contributed by atoms with Gasteiger partial charge in [-0.15, -0.1) is 0 Å². The number of benzene rings is 2. The molecule has 0 fully saturated rings. The van der Waals surface area contributed by atoms with E-state index in [1.54, 1.807) is 36.4 Å². The number of nitrogens with one attached hydrogen (secondary N) is 1. The first-order valence-electron chi connectivity index (χ1n) is 6.09. The molecular formula is C15H15ClN2O2. The van der Waals surface area contributed by atoms with E-state index in [-0.39, 0.29) is 12.5 Å². The zero-order valence-electron chi connectivity index (χ0n) is 11.0. The molecule has 20 heavy (non-hydrogen) atoms. The highest BCUT2D eigenvalue weighted by Crippen LogP contribution is 2.22. The van der Waals surface area contributed by atoms with Gasteiger partial charge in [0.2, 0.25) is 0 Å². The molecule has 2 rings (SSSR count). The summed E-state index contributed by atoms with van der Waals surface area (Å²) in [4.78, 5) is 11.7. The molecule has 0 aliphatic carbocycles. The number of aryl methyl sites for hydroxylation is 1. The molecule has 2 aromatic carbocycles. The maximum atomic E-state index is 11.7. The van der Waals surface area contributed by atoms with Crippen LogP contribution in [0, 0.1) is 6.92 Å². The summed E-state index contributed by atoms with van der Waals surface area (Å²) in [5, 5.41) is 3.32. The molecule has 0 unspecified atom stereocenters. The van der Waals surface area contributed by atoms with Gasteiger partial charge >= 0.3 is 0 Å². The van der Waals surface area contributed by atoms with Crippen molar-refractivity contribution < 1.29 is 9.53 Å². The fraction of sp³-hybridized carbons (Fsp3) is 0.133. The summed E-state index contributed by atoms with van der Waals surface area (Å²) in [6, 6.07) is 12.3. The number of ether oxygens (including phenoxy) is 1. The third kappa shape index (κ3) is 3.90. The standard InChI is InChI=1S/C15H15ClN2O2/c1-10-2-7-14(13(17)8-10)20-9-15(19)18-12-5-3-11(16)4-6-12/h2-8H,9,17H2,1H3,(H,18,19). The fourth-order valence-electron chi connectivity index (χ4n) is 1.67. The molecule has 4 nitrogen and oxygen atoms in total. The van der Waals surface area contributed by atoms with Crippen molar-refractivity contribution in [3.63, 3.8) is 0 Å². The zero-order valence-corrected chi connectivity index (χ0v) is 11.8. The van der Waals surface area contributed by atoms with Crippen molar-refractivity contribution in [3.8, 4) is 5.75 Å². The number of amides is 1. The topological polar surface area (TPSA) is 64.3 Å². The molecule has 1 amide bonds. The number of anilines is 2. The van der Waals surface area contributed by atoms with E-state index in [0.29, 0.717) is 22.1 Å². The van der Waals surface area contributed by atoms with Gasteiger partial charge in [0, 0.05) is 10.7 Å². The van der Waals surface area contributed by atoms with Crippen molar-refractivity contribution in [3.05, 3.63) is 53.1 Å². The summed E-state index contributed by atoms with van der Waals surface area (Å²) < 4.78 is 5.39. The molecular weight excluding hydrogens is 276 g/mol. The SMILES string of the molecule is Cc1ccc(OCC(=O)Nc2ccc(Cl)cc2)c(N)c1. The van der Waals surface area contributed by atoms with Crippen LogP contribution in [0.5, 0.6) is 5.75 Å². The molecule has 0 aliphatic rings. The largest absolute Gasteiger partial charge is 0.482 e. The number of nitrogens with two attached hydrogens (primary N) is 1. The van der Waals surface area contributed by atoms with Crippen LogP contribution < -0.4 is 15.8 Å². The highest BCUT2D eigenvalue weighted by Gasteiger charge is 2.06. The Labute approximate surface area is 122 Å². The lowest BCUT2D eigenvalue weighted by Crippen LogP contribution is -2.20. The summed E-state index contributed by atoms with van der Waals surface area (Å²) in [5.41, 5.74) is 8.03. The van der Waals surface area contributed by atoms with Crippen LogP contribution in [0.2, 0.25) is 5.02 Å². The lowest BCUT2D eigenvalue weighted by Gasteiger charge is -2.10. The Bertz CT molecular complexity index is 612. The van der Waals surface area contributed by atoms with Gasteiger partial charge in [0.25, 0.3) is 5.91 Å². The van der Waals surface area contributed by atoms with Crippen molar-refractivity contribution in [1.29, 1.82) is 0 Å². The van der Waals surface area contributed by atoms with Gasteiger partial charge in [-0.05, 0) is 48.9 Å². The maximum Gasteiger partial charge on any atom is 0.262 e. The summed E-state index contributed by atoms with van der Waals surface area (Å²) in [6.45, 7) is 1.84. The average Bonchev–Trinajstić information content (AvgIpc) is 2.40. The summed E-state index contributed by atoms with van der Waals surface area (Å²) in [7, 11) is 0. The van der Waals surface area contributed by atoms with E-state index in [9.17, 15) is 4.79 Å². The molecule has 0 radical (unpaired) electrons. The molecule has 0 aromatic heterocycles. The van der Waals surface area contributed by atoms with Crippen molar-refractivity contribution in [2.75, 3.05) is 17.7 Å². The monoisotopic (exact) mass is 290 g/mol. The number of nitrogen functional groups attached to an aromatic ring is 1. The van der Waals surface area contributed by atoms with Crippen molar-refractivity contribution in [2.45, 2.75) is 6.92 Å². The van der Waals surface area contributed by atoms with Gasteiger partial charge in [-0.2, -0.15) is 0 Å². The van der Waals surface area contributed by atoms with Gasteiger partial charge < -0.3 is 15.8 Å². The summed E-state index contributed by atoms with van der Waals surface area (Å²) in [5.74, 6) is 0.245. The van der Waals surface area contributed by atoms with Crippen LogP contribution in [-0.2, 0) is 4.79 Å². The Hall–Kier alpha value is -2.20. The summed E-state index contributed by atoms with van der Waals surface area (Å²) >= 11 is 5.77. The lowest BCUT2D eigenvalue weighted by molar-refractivity contribution is -0.118. The van der Waals surface area contributed by atoms with Crippen molar-refractivity contribution >= 4 is 28.9 Å². The van der Waals surface area contributed by atoms with E-state index >= 15 is 0 Å². The van der Waals surface area contributed by atoms with Crippen LogP contribution in [0.1, 0.15) is 5.56 Å². The minimum Gasteiger partial charge on any atom is -0.482 e. The second-order valence-corrected chi connectivity index (χ2v) is 4.82. The first-order chi connectivity index (χ1) is 9.54. The Morgan fingerprint density at radius 2 is 1.95 bits per heavy atom. The van der Waals surface area contributed by atoms with Crippen LogP contribution in [0.15, 0.2) is 42.5 Å². The first kappa shape index (κ1) is 14.2. The van der Waals surface area contributed by atoms with Gasteiger partial charge in [0.1, 0.15) is 5.75 Å². The molecule has 5 heteroatoms. The third-order valence-corrected chi connectivity index (χ3v) is 2.90. The minimum absolute atomic E-state index is 0.101. The number of hydrogen-bond acceptors (Lipinski definition) is 3. The highest BCUT2D eigenvalue weighted by atomic mass is 35.5. The van der Waals surface area contributed by atoms with Crippen LogP contribution in [0.25, 0.3) is 0 Å². The molecule has 0 atom stereocenters. The zero-order chi connectivity index (χ0) is 14.5. The van der Waals surface area contributed by atoms with Crippen LogP contribution >= 0.6 is 11.6 Å². The molecule has 2 aromatic rings. The normalized spacial score (nSPS) is 10.1. The van der Waals surface area contributed by atoms with E-state index in [2.05, 4.69) is 5.32 Å². The van der Waals surface area contributed by atoms with Gasteiger partial charge in [0.05, 0.1) is 5.69 Å². The second kappa shape index (κ2) is 6.30. The highest BCUT2D eigenvalue weighted by molar-refractivity contribution is 6.30. The number of carbonyl (C=O) groups is 1. The molecule has 0 spiro atoms. The van der Waals surface area contributed by atoms with Gasteiger partial charge in [-0.3, -0.25) is 4.79 Å². The predicted octanol–water partition coefficient (Wildman–Crippen LogP) is 3.25. The third-order valence-electron chi connectivity index (χ3n) is 2.65. The number of carbonyl (C=O) groups excluding carboxylic acids is 1. The van der Waals surface area contributed by atoms with E-state index in [4.69, 9.17) is 22.1 Å². The number of halogens is 1. The molecule has 0 saturated heterocycles. The first-order valence-corrected chi connectivity index (χ1v) is 6.47. The Morgan fingerprint density at radius 3 is 2.60 bits per heavy atom. The molecule has 3 N–H and O–H groups in total. The van der Waals surface area contributed by atoms with E-state index < -0.39 is 0 Å². The van der Waals surface area contributed by atoms with Crippen LogP contribution in [-0.4, -0.2) is 12.5 Å². The number of hydrogen-bond donors (Lipinski definition) is 2. The molecule has 0 saturated carbocycles. The lowest BCUT2D eigenvalue weighted by atomic mass is 10.2.